The molecular weight excluding hydrogens is 420 g/mol. The van der Waals surface area contributed by atoms with Gasteiger partial charge in [-0.05, 0) is 61.5 Å². The van der Waals surface area contributed by atoms with Gasteiger partial charge in [0.15, 0.2) is 0 Å². The van der Waals surface area contributed by atoms with Crippen molar-refractivity contribution in [3.05, 3.63) is 53.5 Å². The maximum atomic E-state index is 12.2. The second-order valence-corrected chi connectivity index (χ2v) is 6.59. The first kappa shape index (κ1) is 12.5. The van der Waals surface area contributed by atoms with E-state index in [1.807, 2.05) is 29.6 Å². The Morgan fingerprint density at radius 1 is 1.06 bits per heavy atom. The van der Waals surface area contributed by atoms with Crippen molar-refractivity contribution in [3.63, 3.8) is 0 Å². The Balaban J connectivity index is 2.46. The molecule has 0 aliphatic heterocycles. The van der Waals surface area contributed by atoms with Crippen LogP contribution in [0.25, 0.3) is 0 Å². The van der Waals surface area contributed by atoms with Crippen LogP contribution in [0, 0.1) is 0 Å². The molecule has 0 saturated carbocycles. The summed E-state index contributed by atoms with van der Waals surface area (Å²) in [6.45, 7) is 0. The van der Waals surface area contributed by atoms with Gasteiger partial charge < -0.3 is 0 Å². The molecule has 1 heterocycles. The minimum Gasteiger partial charge on any atom is -0.288 e. The molecular formula is C11H5Br3OS. The number of benzene rings is 1. The van der Waals surface area contributed by atoms with Crippen LogP contribution in [-0.4, -0.2) is 5.78 Å². The lowest BCUT2D eigenvalue weighted by Gasteiger charge is -2.03. The van der Waals surface area contributed by atoms with Crippen molar-refractivity contribution >= 4 is 64.9 Å². The van der Waals surface area contributed by atoms with Gasteiger partial charge in [-0.3, -0.25) is 4.79 Å². The highest BCUT2D eigenvalue weighted by Crippen LogP contribution is 2.29. The number of rotatable bonds is 2. The van der Waals surface area contributed by atoms with Crippen LogP contribution in [0.1, 0.15) is 15.2 Å². The smallest absolute Gasteiger partial charge is 0.205 e. The van der Waals surface area contributed by atoms with Gasteiger partial charge in [-0.15, -0.1) is 11.3 Å². The number of thiophene rings is 1. The summed E-state index contributed by atoms with van der Waals surface area (Å²) in [5.74, 6) is 0.0289. The van der Waals surface area contributed by atoms with E-state index in [0.717, 1.165) is 18.3 Å². The second-order valence-electron chi connectivity index (χ2n) is 3.05. The van der Waals surface area contributed by atoms with Crippen LogP contribution in [0.2, 0.25) is 0 Å². The van der Waals surface area contributed by atoms with E-state index in [4.69, 9.17) is 0 Å². The molecule has 0 amide bonds. The van der Waals surface area contributed by atoms with Crippen molar-refractivity contribution in [3.8, 4) is 0 Å². The zero-order valence-corrected chi connectivity index (χ0v) is 13.4. The van der Waals surface area contributed by atoms with Gasteiger partial charge in [0.25, 0.3) is 0 Å². The lowest BCUT2D eigenvalue weighted by molar-refractivity contribution is 0.104. The monoisotopic (exact) mass is 422 g/mol. The van der Waals surface area contributed by atoms with E-state index in [-0.39, 0.29) is 5.78 Å². The number of carbonyl (C=O) groups excluding carboxylic acids is 1. The maximum absolute atomic E-state index is 12.2. The van der Waals surface area contributed by atoms with Crippen molar-refractivity contribution in [1.29, 1.82) is 0 Å². The molecule has 5 heteroatoms. The minimum atomic E-state index is 0.0289. The van der Waals surface area contributed by atoms with Crippen LogP contribution < -0.4 is 0 Å². The molecule has 0 N–H and O–H groups in total. The van der Waals surface area contributed by atoms with Crippen LogP contribution in [0.15, 0.2) is 43.1 Å². The van der Waals surface area contributed by atoms with Crippen molar-refractivity contribution in [2.45, 2.75) is 0 Å². The van der Waals surface area contributed by atoms with Gasteiger partial charge in [-0.1, -0.05) is 15.9 Å². The van der Waals surface area contributed by atoms with Crippen molar-refractivity contribution < 1.29 is 4.79 Å². The molecule has 0 unspecified atom stereocenters. The molecule has 2 aromatic rings. The lowest BCUT2D eigenvalue weighted by Crippen LogP contribution is -2.00. The third-order valence-corrected chi connectivity index (χ3v) is 4.98. The van der Waals surface area contributed by atoms with E-state index in [2.05, 4.69) is 47.8 Å². The van der Waals surface area contributed by atoms with Gasteiger partial charge in [-0.25, -0.2) is 0 Å². The van der Waals surface area contributed by atoms with Crippen LogP contribution in [0.5, 0.6) is 0 Å². The normalized spacial score (nSPS) is 10.4. The van der Waals surface area contributed by atoms with Crippen molar-refractivity contribution in [2.75, 3.05) is 0 Å². The maximum Gasteiger partial charge on any atom is 0.205 e. The van der Waals surface area contributed by atoms with Crippen LogP contribution in [0.3, 0.4) is 0 Å². The Morgan fingerprint density at radius 3 is 2.38 bits per heavy atom. The van der Waals surface area contributed by atoms with Gasteiger partial charge in [0.2, 0.25) is 5.78 Å². The molecule has 0 saturated heterocycles. The molecule has 2 rings (SSSR count). The molecule has 1 aromatic heterocycles. The van der Waals surface area contributed by atoms with Gasteiger partial charge in [0, 0.05) is 19.0 Å². The van der Waals surface area contributed by atoms with Gasteiger partial charge >= 0.3 is 0 Å². The third kappa shape index (κ3) is 2.47. The van der Waals surface area contributed by atoms with Crippen molar-refractivity contribution in [1.82, 2.24) is 0 Å². The summed E-state index contributed by atoms with van der Waals surface area (Å²) >= 11 is 11.6. The molecule has 1 nitrogen and oxygen atoms in total. The fourth-order valence-corrected chi connectivity index (χ4v) is 3.98. The molecule has 16 heavy (non-hydrogen) atoms. The number of halogens is 3. The minimum absolute atomic E-state index is 0.0289. The highest BCUT2D eigenvalue weighted by atomic mass is 79.9. The summed E-state index contributed by atoms with van der Waals surface area (Å²) in [5, 5.41) is 1.89. The van der Waals surface area contributed by atoms with Gasteiger partial charge in [-0.2, -0.15) is 0 Å². The highest BCUT2D eigenvalue weighted by molar-refractivity contribution is 9.11. The van der Waals surface area contributed by atoms with E-state index >= 15 is 0 Å². The summed E-state index contributed by atoms with van der Waals surface area (Å²) in [4.78, 5) is 12.9. The SMILES string of the molecule is O=C(c1ccc(Br)cc1Br)c1sccc1Br. The number of carbonyl (C=O) groups is 1. The largest absolute Gasteiger partial charge is 0.288 e. The third-order valence-electron chi connectivity index (χ3n) is 2.00. The van der Waals surface area contributed by atoms with E-state index in [1.54, 1.807) is 0 Å². The highest BCUT2D eigenvalue weighted by Gasteiger charge is 2.16. The fraction of sp³-hybridized carbons (Fsp3) is 0. The Kier molecular flexibility index (Phi) is 4.00. The molecule has 82 valence electrons. The fourth-order valence-electron chi connectivity index (χ4n) is 1.25. The van der Waals surface area contributed by atoms with Crippen molar-refractivity contribution in [2.24, 2.45) is 0 Å². The van der Waals surface area contributed by atoms with Crippen LogP contribution in [0.4, 0.5) is 0 Å². The molecule has 0 fully saturated rings. The number of hydrogen-bond donors (Lipinski definition) is 0. The Hall–Kier alpha value is 0.0300. The summed E-state index contributed by atoms with van der Waals surface area (Å²) < 4.78 is 2.59. The van der Waals surface area contributed by atoms with Crippen LogP contribution >= 0.6 is 59.1 Å². The number of ketones is 1. The summed E-state index contributed by atoms with van der Waals surface area (Å²) in [6, 6.07) is 7.42. The van der Waals surface area contributed by atoms with E-state index in [0.29, 0.717) is 5.56 Å². The molecule has 0 radical (unpaired) electrons. The van der Waals surface area contributed by atoms with E-state index in [1.165, 1.54) is 11.3 Å². The predicted octanol–water partition coefficient (Wildman–Crippen LogP) is 5.27. The molecule has 0 bridgehead atoms. The lowest BCUT2D eigenvalue weighted by atomic mass is 10.1. The molecule has 1 aromatic carbocycles. The molecule has 0 atom stereocenters. The first-order valence-electron chi connectivity index (χ1n) is 4.32. The summed E-state index contributed by atoms with van der Waals surface area (Å²) in [6.07, 6.45) is 0. The molecule has 0 aliphatic carbocycles. The Bertz CT molecular complexity index is 548. The topological polar surface area (TPSA) is 17.1 Å². The van der Waals surface area contributed by atoms with E-state index < -0.39 is 0 Å². The predicted molar refractivity (Wildman–Crippen MR) is 77.3 cm³/mol. The Morgan fingerprint density at radius 2 is 1.81 bits per heavy atom. The summed E-state index contributed by atoms with van der Waals surface area (Å²) in [5.41, 5.74) is 0.673. The summed E-state index contributed by atoms with van der Waals surface area (Å²) in [7, 11) is 0. The second kappa shape index (κ2) is 5.12. The van der Waals surface area contributed by atoms with E-state index in [9.17, 15) is 4.79 Å². The zero-order chi connectivity index (χ0) is 11.7. The quantitative estimate of drug-likeness (QED) is 0.600. The first-order chi connectivity index (χ1) is 7.59. The van der Waals surface area contributed by atoms with Gasteiger partial charge in [0.05, 0.1) is 4.88 Å². The van der Waals surface area contributed by atoms with Crippen LogP contribution in [-0.2, 0) is 0 Å². The zero-order valence-electron chi connectivity index (χ0n) is 7.84. The average molecular weight is 425 g/mol. The Labute approximate surface area is 122 Å². The standard InChI is InChI=1S/C11H5Br3OS/c12-6-1-2-7(9(14)5-6)10(15)11-8(13)3-4-16-11/h1-5H. The first-order valence-corrected chi connectivity index (χ1v) is 7.58. The molecule has 0 spiro atoms. The molecule has 0 aliphatic rings. The average Bonchev–Trinajstić information content (AvgIpc) is 2.63. The number of hydrogen-bond acceptors (Lipinski definition) is 2. The van der Waals surface area contributed by atoms with Gasteiger partial charge in [0.1, 0.15) is 0 Å².